The van der Waals surface area contributed by atoms with Gasteiger partial charge in [-0.25, -0.2) is 4.98 Å². The lowest BCUT2D eigenvalue weighted by Crippen LogP contribution is -2.36. The summed E-state index contributed by atoms with van der Waals surface area (Å²) in [7, 11) is 2.14. The first-order valence-electron chi connectivity index (χ1n) is 6.74. The zero-order valence-electron chi connectivity index (χ0n) is 12.0. The summed E-state index contributed by atoms with van der Waals surface area (Å²) >= 11 is 0. The first-order valence-corrected chi connectivity index (χ1v) is 6.74. The van der Waals surface area contributed by atoms with E-state index in [4.69, 9.17) is 10.2 Å². The Morgan fingerprint density at radius 2 is 2.11 bits per heavy atom. The predicted octanol–water partition coefficient (Wildman–Crippen LogP) is 2.43. The number of nitrogens with zero attached hydrogens (tertiary/aromatic N) is 2. The van der Waals surface area contributed by atoms with Crippen molar-refractivity contribution in [2.45, 2.75) is 32.2 Å². The van der Waals surface area contributed by atoms with Crippen LogP contribution in [0.2, 0.25) is 0 Å². The number of aromatic nitrogens is 1. The van der Waals surface area contributed by atoms with E-state index in [0.29, 0.717) is 0 Å². The van der Waals surface area contributed by atoms with Gasteiger partial charge in [-0.1, -0.05) is 6.07 Å². The van der Waals surface area contributed by atoms with Gasteiger partial charge in [0.25, 0.3) is 0 Å². The van der Waals surface area contributed by atoms with Gasteiger partial charge in [-0.15, -0.1) is 0 Å². The van der Waals surface area contributed by atoms with Gasteiger partial charge in [0.1, 0.15) is 5.52 Å². The Morgan fingerprint density at radius 3 is 2.84 bits per heavy atom. The van der Waals surface area contributed by atoms with Crippen LogP contribution in [0.3, 0.4) is 0 Å². The van der Waals surface area contributed by atoms with Crippen LogP contribution in [0.1, 0.15) is 25.8 Å². The fourth-order valence-electron chi connectivity index (χ4n) is 1.97. The maximum absolute atomic E-state index is 6.00. The topological polar surface area (TPSA) is 55.3 Å². The van der Waals surface area contributed by atoms with E-state index in [1.54, 1.807) is 0 Å². The predicted molar refractivity (Wildman–Crippen MR) is 78.1 cm³/mol. The van der Waals surface area contributed by atoms with Crippen molar-refractivity contribution in [1.82, 2.24) is 9.88 Å². The van der Waals surface area contributed by atoms with Crippen molar-refractivity contribution in [3.8, 4) is 0 Å². The molecule has 2 rings (SSSR count). The van der Waals surface area contributed by atoms with E-state index in [0.717, 1.165) is 37.0 Å². The molecule has 0 spiro atoms. The highest BCUT2D eigenvalue weighted by Gasteiger charge is 2.11. The van der Waals surface area contributed by atoms with Crippen LogP contribution >= 0.6 is 0 Å². The lowest BCUT2D eigenvalue weighted by atomic mass is 10.0. The number of rotatable bonds is 6. The Kier molecular flexibility index (Phi) is 4.22. The molecule has 2 aromatic rings. The van der Waals surface area contributed by atoms with Crippen LogP contribution in [0.15, 0.2) is 29.0 Å². The van der Waals surface area contributed by atoms with Crippen molar-refractivity contribution in [3.63, 3.8) is 0 Å². The van der Waals surface area contributed by atoms with Crippen molar-refractivity contribution in [2.75, 3.05) is 20.1 Å². The van der Waals surface area contributed by atoms with Crippen LogP contribution in [0.25, 0.3) is 11.1 Å². The third kappa shape index (κ3) is 4.33. The summed E-state index contributed by atoms with van der Waals surface area (Å²) in [6, 6.07) is 6.20. The van der Waals surface area contributed by atoms with Crippen molar-refractivity contribution < 1.29 is 4.42 Å². The molecule has 0 atom stereocenters. The molecule has 1 aromatic heterocycles. The van der Waals surface area contributed by atoms with Crippen LogP contribution in [0.4, 0.5) is 0 Å². The third-order valence-electron chi connectivity index (χ3n) is 3.32. The molecule has 0 aliphatic heterocycles. The second-order valence-corrected chi connectivity index (χ2v) is 5.95. The van der Waals surface area contributed by atoms with E-state index in [1.807, 2.05) is 6.07 Å². The van der Waals surface area contributed by atoms with Crippen molar-refractivity contribution in [1.29, 1.82) is 0 Å². The van der Waals surface area contributed by atoms with Gasteiger partial charge >= 0.3 is 0 Å². The van der Waals surface area contributed by atoms with Gasteiger partial charge in [0.15, 0.2) is 12.0 Å². The molecule has 0 bridgehead atoms. The molecule has 0 unspecified atom stereocenters. The van der Waals surface area contributed by atoms with Crippen molar-refractivity contribution >= 4 is 11.1 Å². The number of hydrogen-bond donors (Lipinski definition) is 1. The molecule has 0 aliphatic carbocycles. The van der Waals surface area contributed by atoms with Gasteiger partial charge in [-0.2, -0.15) is 0 Å². The van der Waals surface area contributed by atoms with Crippen molar-refractivity contribution in [2.24, 2.45) is 5.73 Å². The first kappa shape index (κ1) is 14.0. The lowest BCUT2D eigenvalue weighted by molar-refractivity contribution is 0.298. The molecule has 1 aromatic carbocycles. The summed E-state index contributed by atoms with van der Waals surface area (Å²) in [5.41, 5.74) is 8.97. The maximum atomic E-state index is 6.00. The standard InChI is InChI=1S/C15H23N3O/c1-15(2,16)7-9-18(3)8-6-12-4-5-13-14(10-12)19-11-17-13/h4-5,10-11H,6-9,16H2,1-3H3. The number of benzene rings is 1. The maximum Gasteiger partial charge on any atom is 0.181 e. The van der Waals surface area contributed by atoms with Gasteiger partial charge < -0.3 is 15.1 Å². The summed E-state index contributed by atoms with van der Waals surface area (Å²) < 4.78 is 5.32. The van der Waals surface area contributed by atoms with E-state index in [9.17, 15) is 0 Å². The van der Waals surface area contributed by atoms with Crippen LogP contribution < -0.4 is 5.73 Å². The second-order valence-electron chi connectivity index (χ2n) is 5.95. The van der Waals surface area contributed by atoms with Crippen molar-refractivity contribution in [3.05, 3.63) is 30.2 Å². The van der Waals surface area contributed by atoms with Crippen LogP contribution in [0.5, 0.6) is 0 Å². The smallest absolute Gasteiger partial charge is 0.181 e. The van der Waals surface area contributed by atoms with Gasteiger partial charge in [-0.05, 0) is 58.0 Å². The van der Waals surface area contributed by atoms with E-state index in [1.165, 1.54) is 12.0 Å². The minimum atomic E-state index is -0.0903. The molecule has 2 N–H and O–H groups in total. The molecule has 0 saturated carbocycles. The normalized spacial score (nSPS) is 12.5. The molecule has 1 heterocycles. The fourth-order valence-corrected chi connectivity index (χ4v) is 1.97. The van der Waals surface area contributed by atoms with E-state index in [2.05, 4.69) is 42.9 Å². The Morgan fingerprint density at radius 1 is 1.32 bits per heavy atom. The SMILES string of the molecule is CN(CCc1ccc2ncoc2c1)CCC(C)(C)N. The highest BCUT2D eigenvalue weighted by atomic mass is 16.3. The monoisotopic (exact) mass is 261 g/mol. The quantitative estimate of drug-likeness (QED) is 0.867. The van der Waals surface area contributed by atoms with Gasteiger partial charge in [0.2, 0.25) is 0 Å². The summed E-state index contributed by atoms with van der Waals surface area (Å²) in [5, 5.41) is 0. The summed E-state index contributed by atoms with van der Waals surface area (Å²) in [4.78, 5) is 6.44. The molecule has 0 amide bonds. The third-order valence-corrected chi connectivity index (χ3v) is 3.32. The number of oxazole rings is 1. The summed E-state index contributed by atoms with van der Waals surface area (Å²) in [5.74, 6) is 0. The van der Waals surface area contributed by atoms with E-state index in [-0.39, 0.29) is 5.54 Å². The van der Waals surface area contributed by atoms with Crippen LogP contribution in [-0.2, 0) is 6.42 Å². The Bertz CT molecular complexity index is 527. The molecule has 4 nitrogen and oxygen atoms in total. The molecule has 0 aliphatic rings. The number of nitrogens with two attached hydrogens (primary N) is 1. The minimum Gasteiger partial charge on any atom is -0.443 e. The molecule has 0 fully saturated rings. The molecular weight excluding hydrogens is 238 g/mol. The average molecular weight is 261 g/mol. The second kappa shape index (κ2) is 5.72. The fraction of sp³-hybridized carbons (Fsp3) is 0.533. The highest BCUT2D eigenvalue weighted by Crippen LogP contribution is 2.15. The molecular formula is C15H23N3O. The van der Waals surface area contributed by atoms with Gasteiger partial charge in [0, 0.05) is 12.1 Å². The number of fused-ring (bicyclic) bond motifs is 1. The van der Waals surface area contributed by atoms with E-state index >= 15 is 0 Å². The van der Waals surface area contributed by atoms with Gasteiger partial charge in [0.05, 0.1) is 0 Å². The molecule has 104 valence electrons. The van der Waals surface area contributed by atoms with Gasteiger partial charge in [-0.3, -0.25) is 0 Å². The zero-order chi connectivity index (χ0) is 13.9. The first-order chi connectivity index (χ1) is 8.94. The average Bonchev–Trinajstić information content (AvgIpc) is 2.80. The number of likely N-dealkylation sites (N-methyl/N-ethyl adjacent to an activating group) is 1. The lowest BCUT2D eigenvalue weighted by Gasteiger charge is -2.23. The van der Waals surface area contributed by atoms with E-state index < -0.39 is 0 Å². The largest absolute Gasteiger partial charge is 0.443 e. The highest BCUT2D eigenvalue weighted by molar-refractivity contribution is 5.72. The van der Waals surface area contributed by atoms with Crippen LogP contribution in [0, 0.1) is 0 Å². The Hall–Kier alpha value is -1.39. The number of hydrogen-bond acceptors (Lipinski definition) is 4. The Balaban J connectivity index is 1.84. The molecule has 0 radical (unpaired) electrons. The molecule has 19 heavy (non-hydrogen) atoms. The summed E-state index contributed by atoms with van der Waals surface area (Å²) in [6.45, 7) is 6.18. The zero-order valence-corrected chi connectivity index (χ0v) is 12.0. The summed E-state index contributed by atoms with van der Waals surface area (Å²) in [6.07, 6.45) is 3.51. The Labute approximate surface area is 114 Å². The molecule has 4 heteroatoms. The molecule has 0 saturated heterocycles. The minimum absolute atomic E-state index is 0.0903. The van der Waals surface area contributed by atoms with Crippen LogP contribution in [-0.4, -0.2) is 35.6 Å².